The Morgan fingerprint density at radius 1 is 0.547 bits per heavy atom. The predicted octanol–water partition coefficient (Wildman–Crippen LogP) is 17.3. The summed E-state index contributed by atoms with van der Waals surface area (Å²) in [7, 11) is 16.0. The average molecular weight is 1000 g/mol. The molecular weight excluding hydrogens is 928 g/mol. The molecule has 0 saturated heterocycles. The second-order valence-corrected chi connectivity index (χ2v) is 32.4. The van der Waals surface area contributed by atoms with E-state index in [4.69, 9.17) is 19.4 Å². The third-order valence-corrected chi connectivity index (χ3v) is 26.2. The van der Waals surface area contributed by atoms with Crippen molar-refractivity contribution in [3.8, 4) is 11.4 Å². The molecule has 1 heterocycles. The first-order valence-electron chi connectivity index (χ1n) is 25.2. The number of fused-ring (bicyclic) bond motifs is 1. The van der Waals surface area contributed by atoms with Gasteiger partial charge in [-0.05, 0) is 77.0 Å². The van der Waals surface area contributed by atoms with Crippen molar-refractivity contribution in [1.82, 2.24) is 9.13 Å². The number of halogens is 2. The van der Waals surface area contributed by atoms with E-state index in [1.54, 1.807) is 96.3 Å². The fourth-order valence-corrected chi connectivity index (χ4v) is 24.0. The van der Waals surface area contributed by atoms with Crippen LogP contribution in [0, 0.1) is 31.7 Å². The standard InChI is InChI=1S/C25H32N2.C18H33P.C15H10.2ClH.Ru/c1-7-9-22-15-18(3)13-20(5)24(22)26-11-12-27(17-26)25-21(6)14-19(4)16-23(25)10-8-2;1-4-10-16(11-5-1)19(17-12-6-2-7-13-17)18-14-8-3-9-15-18;1-2-6-12(7-3-1)15-11-10-13-8-4-5-9-14(13)15;;;/h11-16H,7-10H2,1-6H3;16-18H,1-15H2;1-9,11H;2*1H;/q;;;;;+2/p-1. The number of aromatic nitrogens is 2. The van der Waals surface area contributed by atoms with Crippen LogP contribution in [0.4, 0.5) is 0 Å². The molecule has 0 amide bonds. The molecule has 0 radical (unpaired) electrons. The van der Waals surface area contributed by atoms with E-state index < -0.39 is 11.9 Å². The number of benzene rings is 4. The van der Waals surface area contributed by atoms with Gasteiger partial charge in [0, 0.05) is 7.92 Å². The van der Waals surface area contributed by atoms with E-state index in [2.05, 4.69) is 148 Å². The normalized spacial score (nSPS) is 17.9. The number of nitrogens with zero attached hydrogens (tertiary/aromatic N) is 2. The molecule has 4 aromatic carbocycles. The Balaban J connectivity index is 0.000000244. The second-order valence-electron chi connectivity index (χ2n) is 19.7. The van der Waals surface area contributed by atoms with Crippen LogP contribution in [0.15, 0.2) is 97.3 Å². The molecule has 5 aromatic rings. The van der Waals surface area contributed by atoms with Gasteiger partial charge < -0.3 is 0 Å². The minimum absolute atomic E-state index is 0.0465. The summed E-state index contributed by atoms with van der Waals surface area (Å²) in [6, 6.07) is 28.4. The first kappa shape index (κ1) is 47.8. The van der Waals surface area contributed by atoms with Gasteiger partial charge in [-0.2, -0.15) is 0 Å². The zero-order valence-electron chi connectivity index (χ0n) is 39.9. The molecule has 0 bridgehead atoms. The summed E-state index contributed by atoms with van der Waals surface area (Å²) in [6.07, 6.45) is 34.6. The van der Waals surface area contributed by atoms with Gasteiger partial charge in [-0.1, -0.05) is 19.3 Å². The molecule has 3 fully saturated rings. The maximum atomic E-state index is 8.04. The van der Waals surface area contributed by atoms with Gasteiger partial charge in [0.25, 0.3) is 0 Å². The van der Waals surface area contributed by atoms with E-state index >= 15 is 0 Å². The summed E-state index contributed by atoms with van der Waals surface area (Å²) in [4.78, 5) is 0. The molecule has 64 heavy (non-hydrogen) atoms. The van der Waals surface area contributed by atoms with Crippen molar-refractivity contribution in [2.75, 3.05) is 0 Å². The van der Waals surface area contributed by atoms with Gasteiger partial charge in [0.2, 0.25) is 0 Å². The zero-order valence-corrected chi connectivity index (χ0v) is 44.2. The Kier molecular flexibility index (Phi) is 16.4. The van der Waals surface area contributed by atoms with Gasteiger partial charge in [-0.3, -0.25) is 0 Å². The SMILES string of the molecule is C1CCC([PH+](C2CCCCC2)C2CCCCC2)CC1.CCCc1cc(C)cc(C)c1-n1ccn(-c2c(C)cc(C)cc2CCC)[c]1=[Ru]([Cl])([Cl])=[C]1C=C(c2ccccc2)c2ccccc21. The van der Waals surface area contributed by atoms with Crippen LogP contribution in [0.5, 0.6) is 0 Å². The first-order valence-corrected chi connectivity index (χ1v) is 33.1. The van der Waals surface area contributed by atoms with Crippen molar-refractivity contribution in [2.24, 2.45) is 0 Å². The van der Waals surface area contributed by atoms with E-state index in [0.29, 0.717) is 0 Å². The molecule has 3 saturated carbocycles. The molecule has 6 heteroatoms. The van der Waals surface area contributed by atoms with Crippen molar-refractivity contribution >= 4 is 37.0 Å². The summed E-state index contributed by atoms with van der Waals surface area (Å²) in [6.45, 7) is 13.3. The van der Waals surface area contributed by atoms with Crippen LogP contribution in [-0.4, -0.2) is 30.2 Å². The van der Waals surface area contributed by atoms with E-state index in [1.807, 2.05) is 0 Å². The molecule has 0 aliphatic heterocycles. The summed E-state index contributed by atoms with van der Waals surface area (Å²) in [5.41, 5.74) is 18.4. The summed E-state index contributed by atoms with van der Waals surface area (Å²) in [5.74, 6) is 0. The molecule has 4 aliphatic carbocycles. The third kappa shape index (κ3) is 10.4. The molecule has 0 spiro atoms. The van der Waals surface area contributed by atoms with Gasteiger partial charge in [0.05, 0.1) is 17.0 Å². The topological polar surface area (TPSA) is 9.86 Å². The molecule has 0 N–H and O–H groups in total. The quantitative estimate of drug-likeness (QED) is 0.0975. The Morgan fingerprint density at radius 2 is 0.969 bits per heavy atom. The van der Waals surface area contributed by atoms with Crippen LogP contribution < -0.4 is 0 Å². The number of hydrogen-bond acceptors (Lipinski definition) is 0. The van der Waals surface area contributed by atoms with E-state index in [9.17, 15) is 0 Å². The number of rotatable bonds is 10. The van der Waals surface area contributed by atoms with Crippen molar-refractivity contribution < 1.29 is 11.9 Å². The molecule has 0 atom stereocenters. The van der Waals surface area contributed by atoms with Gasteiger partial charge >= 0.3 is 280 Å². The monoisotopic (exact) mass is 1000 g/mol. The summed E-state index contributed by atoms with van der Waals surface area (Å²) >= 11 is -3.89. The van der Waals surface area contributed by atoms with Crippen LogP contribution in [-0.2, 0) is 24.7 Å². The molecule has 4 aliphatic rings. The first-order chi connectivity index (χ1) is 31.1. The number of aryl methyl sites for hydroxylation is 6. The van der Waals surface area contributed by atoms with Crippen LogP contribution in [0.25, 0.3) is 16.9 Å². The van der Waals surface area contributed by atoms with Crippen LogP contribution >= 0.6 is 27.3 Å². The second kappa shape index (κ2) is 22.0. The van der Waals surface area contributed by atoms with Crippen molar-refractivity contribution in [2.45, 2.75) is 181 Å². The third-order valence-electron chi connectivity index (χ3n) is 14.8. The van der Waals surface area contributed by atoms with Gasteiger partial charge in [0.15, 0.2) is 0 Å². The molecule has 9 rings (SSSR count). The van der Waals surface area contributed by atoms with Crippen molar-refractivity contribution in [3.05, 3.63) is 151 Å². The molecular formula is C58H76Cl2N2PRu+. The summed E-state index contributed by atoms with van der Waals surface area (Å²) in [5, 5.41) is 0. The molecule has 0 unspecified atom stereocenters. The summed E-state index contributed by atoms with van der Waals surface area (Å²) < 4.78 is 6.72. The molecule has 1 aromatic heterocycles. The predicted molar refractivity (Wildman–Crippen MR) is 280 cm³/mol. The van der Waals surface area contributed by atoms with Gasteiger partial charge in [0.1, 0.15) is 0 Å². The molecule has 2 nitrogen and oxygen atoms in total. The number of allylic oxidation sites excluding steroid dienone is 1. The van der Waals surface area contributed by atoms with Gasteiger partial charge in [-0.25, -0.2) is 0 Å². The van der Waals surface area contributed by atoms with Gasteiger partial charge in [-0.15, -0.1) is 0 Å². The van der Waals surface area contributed by atoms with Crippen LogP contribution in [0.2, 0.25) is 0 Å². The Hall–Kier alpha value is -2.67. The zero-order chi connectivity index (χ0) is 44.8. The fourth-order valence-electron chi connectivity index (χ4n) is 12.2. The van der Waals surface area contributed by atoms with Crippen molar-refractivity contribution in [3.63, 3.8) is 0 Å². The fraction of sp³-hybridized carbons (Fsp3) is 0.483. The van der Waals surface area contributed by atoms with Crippen molar-refractivity contribution in [1.29, 1.82) is 0 Å². The van der Waals surface area contributed by atoms with E-state index in [0.717, 1.165) is 39.4 Å². The Morgan fingerprint density at radius 3 is 1.41 bits per heavy atom. The van der Waals surface area contributed by atoms with Crippen LogP contribution in [0.3, 0.4) is 0 Å². The number of hydrogen-bond donors (Lipinski definition) is 0. The maximum absolute atomic E-state index is 8.04. The van der Waals surface area contributed by atoms with Crippen LogP contribution in [0.1, 0.15) is 173 Å². The Labute approximate surface area is 398 Å². The number of imidazole rings is 1. The minimum atomic E-state index is -3.89. The van der Waals surface area contributed by atoms with E-state index in [1.165, 1.54) is 78.4 Å². The average Bonchev–Trinajstić information content (AvgIpc) is 3.92. The van der Waals surface area contributed by atoms with E-state index in [-0.39, 0.29) is 7.92 Å². The molecule has 344 valence electrons. The Bertz CT molecular complexity index is 2460.